The zero-order valence-electron chi connectivity index (χ0n) is 15.2. The SMILES string of the molecule is CC(=O)NCCCCCC(=O)N1CCN(C(=O)c2cccc(Cl)c2)CC1. The van der Waals surface area contributed by atoms with Crippen molar-refractivity contribution in [3.05, 3.63) is 34.9 Å². The van der Waals surface area contributed by atoms with E-state index in [0.29, 0.717) is 49.7 Å². The van der Waals surface area contributed by atoms with Gasteiger partial charge in [-0.1, -0.05) is 24.1 Å². The number of rotatable bonds is 7. The first-order chi connectivity index (χ1) is 12.5. The quantitative estimate of drug-likeness (QED) is 0.739. The van der Waals surface area contributed by atoms with Gasteiger partial charge >= 0.3 is 0 Å². The molecule has 7 heteroatoms. The maximum atomic E-state index is 12.5. The molecule has 1 fully saturated rings. The Kier molecular flexibility index (Phi) is 7.91. The predicted molar refractivity (Wildman–Crippen MR) is 101 cm³/mol. The van der Waals surface area contributed by atoms with E-state index in [1.807, 2.05) is 4.90 Å². The molecular formula is C19H26ClN3O3. The summed E-state index contributed by atoms with van der Waals surface area (Å²) in [5.41, 5.74) is 0.580. The van der Waals surface area contributed by atoms with Gasteiger partial charge in [-0.15, -0.1) is 0 Å². The smallest absolute Gasteiger partial charge is 0.254 e. The van der Waals surface area contributed by atoms with Gasteiger partial charge in [-0.05, 0) is 31.0 Å². The zero-order chi connectivity index (χ0) is 18.9. The molecule has 1 aromatic carbocycles. The van der Waals surface area contributed by atoms with Crippen LogP contribution in [-0.2, 0) is 9.59 Å². The molecule has 0 unspecified atom stereocenters. The summed E-state index contributed by atoms with van der Waals surface area (Å²) in [5, 5.41) is 3.29. The lowest BCUT2D eigenvalue weighted by Crippen LogP contribution is -2.50. The molecule has 1 heterocycles. The van der Waals surface area contributed by atoms with E-state index in [9.17, 15) is 14.4 Å². The molecule has 0 saturated carbocycles. The highest BCUT2D eigenvalue weighted by Crippen LogP contribution is 2.15. The number of carbonyl (C=O) groups excluding carboxylic acids is 3. The molecule has 1 aliphatic heterocycles. The minimum absolute atomic E-state index is 0.0220. The average Bonchev–Trinajstić information content (AvgIpc) is 2.63. The summed E-state index contributed by atoms with van der Waals surface area (Å²) in [5.74, 6) is 0.0724. The Balaban J connectivity index is 1.68. The van der Waals surface area contributed by atoms with E-state index in [-0.39, 0.29) is 17.7 Å². The molecule has 0 spiro atoms. The maximum absolute atomic E-state index is 12.5. The topological polar surface area (TPSA) is 69.7 Å². The van der Waals surface area contributed by atoms with Crippen molar-refractivity contribution in [3.8, 4) is 0 Å². The molecule has 1 saturated heterocycles. The van der Waals surface area contributed by atoms with Crippen LogP contribution in [0.25, 0.3) is 0 Å². The molecule has 3 amide bonds. The van der Waals surface area contributed by atoms with Crippen LogP contribution in [0.5, 0.6) is 0 Å². The summed E-state index contributed by atoms with van der Waals surface area (Å²) in [4.78, 5) is 39.1. The second-order valence-electron chi connectivity index (χ2n) is 6.48. The van der Waals surface area contributed by atoms with Crippen LogP contribution in [0.15, 0.2) is 24.3 Å². The number of amides is 3. The van der Waals surface area contributed by atoms with Crippen molar-refractivity contribution < 1.29 is 14.4 Å². The highest BCUT2D eigenvalue weighted by molar-refractivity contribution is 6.30. The first-order valence-electron chi connectivity index (χ1n) is 9.04. The van der Waals surface area contributed by atoms with Crippen molar-refractivity contribution in [3.63, 3.8) is 0 Å². The van der Waals surface area contributed by atoms with Crippen LogP contribution >= 0.6 is 11.6 Å². The average molecular weight is 380 g/mol. The molecule has 1 aliphatic rings. The van der Waals surface area contributed by atoms with E-state index in [1.165, 1.54) is 6.92 Å². The molecule has 1 N–H and O–H groups in total. The fourth-order valence-electron chi connectivity index (χ4n) is 2.96. The Morgan fingerprint density at radius 3 is 2.38 bits per heavy atom. The molecule has 0 aliphatic carbocycles. The number of hydrogen-bond acceptors (Lipinski definition) is 3. The Hall–Kier alpha value is -2.08. The van der Waals surface area contributed by atoms with Crippen molar-refractivity contribution in [1.29, 1.82) is 0 Å². The molecular weight excluding hydrogens is 354 g/mol. The van der Waals surface area contributed by atoms with Gasteiger partial charge in [0.05, 0.1) is 0 Å². The summed E-state index contributed by atoms with van der Waals surface area (Å²) in [6, 6.07) is 6.93. The van der Waals surface area contributed by atoms with Crippen LogP contribution in [-0.4, -0.2) is 60.2 Å². The number of benzene rings is 1. The first kappa shape index (κ1) is 20.2. The van der Waals surface area contributed by atoms with Crippen molar-refractivity contribution in [2.45, 2.75) is 32.6 Å². The van der Waals surface area contributed by atoms with E-state index >= 15 is 0 Å². The van der Waals surface area contributed by atoms with Crippen LogP contribution < -0.4 is 5.32 Å². The van der Waals surface area contributed by atoms with Gasteiger partial charge in [0.15, 0.2) is 0 Å². The lowest BCUT2D eigenvalue weighted by atomic mass is 10.1. The van der Waals surface area contributed by atoms with Gasteiger partial charge in [-0.3, -0.25) is 14.4 Å². The summed E-state index contributed by atoms with van der Waals surface area (Å²) >= 11 is 5.94. The number of piperazine rings is 1. The lowest BCUT2D eigenvalue weighted by molar-refractivity contribution is -0.132. The van der Waals surface area contributed by atoms with Crippen LogP contribution in [0.3, 0.4) is 0 Å². The van der Waals surface area contributed by atoms with Crippen molar-refractivity contribution in [1.82, 2.24) is 15.1 Å². The largest absolute Gasteiger partial charge is 0.356 e. The summed E-state index contributed by atoms with van der Waals surface area (Å²) in [7, 11) is 0. The fraction of sp³-hybridized carbons (Fsp3) is 0.526. The van der Waals surface area contributed by atoms with Crippen LogP contribution in [0.2, 0.25) is 5.02 Å². The Morgan fingerprint density at radius 2 is 1.73 bits per heavy atom. The van der Waals surface area contributed by atoms with E-state index in [0.717, 1.165) is 19.3 Å². The Bertz CT molecular complexity index is 643. The minimum atomic E-state index is -0.0439. The number of unbranched alkanes of at least 4 members (excludes halogenated alkanes) is 2. The van der Waals surface area contributed by atoms with Gasteiger partial charge in [-0.2, -0.15) is 0 Å². The van der Waals surface area contributed by atoms with E-state index < -0.39 is 0 Å². The van der Waals surface area contributed by atoms with E-state index in [1.54, 1.807) is 29.2 Å². The molecule has 0 atom stereocenters. The molecule has 0 bridgehead atoms. The van der Waals surface area contributed by atoms with Gasteiger partial charge < -0.3 is 15.1 Å². The summed E-state index contributed by atoms with van der Waals surface area (Å²) in [6.45, 7) is 4.38. The fourth-order valence-corrected chi connectivity index (χ4v) is 3.15. The molecule has 2 rings (SSSR count). The second kappa shape index (κ2) is 10.2. The highest BCUT2D eigenvalue weighted by atomic mass is 35.5. The van der Waals surface area contributed by atoms with Gasteiger partial charge in [0, 0.05) is 56.7 Å². The number of halogens is 1. The molecule has 6 nitrogen and oxygen atoms in total. The third-order valence-corrected chi connectivity index (χ3v) is 4.67. The van der Waals surface area contributed by atoms with Gasteiger partial charge in [0.25, 0.3) is 5.91 Å². The summed E-state index contributed by atoms with van der Waals surface area (Å²) < 4.78 is 0. The number of carbonyl (C=O) groups is 3. The van der Waals surface area contributed by atoms with E-state index in [4.69, 9.17) is 11.6 Å². The zero-order valence-corrected chi connectivity index (χ0v) is 15.9. The van der Waals surface area contributed by atoms with Crippen LogP contribution in [0.1, 0.15) is 43.0 Å². The van der Waals surface area contributed by atoms with Crippen molar-refractivity contribution in [2.24, 2.45) is 0 Å². The van der Waals surface area contributed by atoms with Crippen LogP contribution in [0.4, 0.5) is 0 Å². The third-order valence-electron chi connectivity index (χ3n) is 4.43. The number of hydrogen-bond donors (Lipinski definition) is 1. The monoisotopic (exact) mass is 379 g/mol. The summed E-state index contributed by atoms with van der Waals surface area (Å²) in [6.07, 6.45) is 3.14. The van der Waals surface area contributed by atoms with Crippen LogP contribution in [0, 0.1) is 0 Å². The van der Waals surface area contributed by atoms with E-state index in [2.05, 4.69) is 5.32 Å². The molecule has 0 radical (unpaired) electrons. The second-order valence-corrected chi connectivity index (χ2v) is 6.91. The lowest BCUT2D eigenvalue weighted by Gasteiger charge is -2.35. The minimum Gasteiger partial charge on any atom is -0.356 e. The molecule has 142 valence electrons. The van der Waals surface area contributed by atoms with Gasteiger partial charge in [0.2, 0.25) is 11.8 Å². The Labute approximate surface area is 159 Å². The normalized spacial score (nSPS) is 14.2. The molecule has 26 heavy (non-hydrogen) atoms. The molecule has 0 aromatic heterocycles. The molecule has 1 aromatic rings. The number of nitrogens with one attached hydrogen (secondary N) is 1. The van der Waals surface area contributed by atoms with Gasteiger partial charge in [0.1, 0.15) is 0 Å². The maximum Gasteiger partial charge on any atom is 0.254 e. The van der Waals surface area contributed by atoms with Gasteiger partial charge in [-0.25, -0.2) is 0 Å². The van der Waals surface area contributed by atoms with Crippen molar-refractivity contribution in [2.75, 3.05) is 32.7 Å². The first-order valence-corrected chi connectivity index (χ1v) is 9.42. The standard InChI is InChI=1S/C19H26ClN3O3/c1-15(24)21-9-4-2-3-8-18(25)22-10-12-23(13-11-22)19(26)16-6-5-7-17(20)14-16/h5-7,14H,2-4,8-13H2,1H3,(H,21,24). The van der Waals surface area contributed by atoms with Crippen molar-refractivity contribution >= 4 is 29.3 Å². The highest BCUT2D eigenvalue weighted by Gasteiger charge is 2.24. The third kappa shape index (κ3) is 6.33. The Morgan fingerprint density at radius 1 is 1.04 bits per heavy atom. The predicted octanol–water partition coefficient (Wildman–Crippen LogP) is 2.32. The number of nitrogens with zero attached hydrogens (tertiary/aromatic N) is 2.